The van der Waals surface area contributed by atoms with Crippen LogP contribution >= 0.6 is 24.0 Å². The van der Waals surface area contributed by atoms with Crippen LogP contribution in [0.5, 0.6) is 0 Å². The van der Waals surface area contributed by atoms with E-state index >= 15 is 0 Å². The molecule has 8 heteroatoms. The molecule has 1 amide bonds. The Labute approximate surface area is 192 Å². The number of rotatable bonds is 11. The van der Waals surface area contributed by atoms with Crippen molar-refractivity contribution in [1.82, 2.24) is 20.5 Å². The molecule has 2 rings (SSSR count). The Morgan fingerprint density at radius 2 is 2.00 bits per heavy atom. The first-order valence-corrected chi connectivity index (χ1v) is 10.7. The Balaban J connectivity index is 0.00000420. The molecule has 0 saturated carbocycles. The Morgan fingerprint density at radius 3 is 2.79 bits per heavy atom. The topological polar surface area (TPSA) is 81.7 Å². The molecule has 0 spiro atoms. The zero-order chi connectivity index (χ0) is 19.9. The molecule has 7 nitrogen and oxygen atoms in total. The summed E-state index contributed by atoms with van der Waals surface area (Å²) in [5, 5.41) is 10.0. The highest BCUT2D eigenvalue weighted by Crippen LogP contribution is 2.11. The predicted octanol–water partition coefficient (Wildman–Crippen LogP) is 3.24. The molecule has 1 aromatic rings. The van der Waals surface area contributed by atoms with Crippen LogP contribution in [-0.2, 0) is 4.79 Å². The number of likely N-dealkylation sites (tertiary alicyclic amines) is 1. The largest absolute Gasteiger partial charge is 0.370 e. The molecule has 1 saturated heterocycles. The number of pyridine rings is 1. The van der Waals surface area contributed by atoms with Gasteiger partial charge in [-0.3, -0.25) is 9.79 Å². The first kappa shape index (κ1) is 25.5. The number of hydrogen-bond donors (Lipinski definition) is 3. The van der Waals surface area contributed by atoms with Crippen LogP contribution in [0, 0.1) is 0 Å². The molecule has 0 radical (unpaired) electrons. The van der Waals surface area contributed by atoms with Crippen molar-refractivity contribution in [2.75, 3.05) is 44.6 Å². The SMILES string of the molecule is CCNC(=NCCCN1CCCCCC1=O)NCCCCNc1ccccn1.I. The lowest BCUT2D eigenvalue weighted by Crippen LogP contribution is -2.38. The van der Waals surface area contributed by atoms with E-state index in [2.05, 4.69) is 32.9 Å². The summed E-state index contributed by atoms with van der Waals surface area (Å²) < 4.78 is 0. The quantitative estimate of drug-likeness (QED) is 0.182. The number of amides is 1. The summed E-state index contributed by atoms with van der Waals surface area (Å²) in [6.07, 6.45) is 8.90. The number of carbonyl (C=O) groups is 1. The predicted molar refractivity (Wildman–Crippen MR) is 131 cm³/mol. The molecule has 0 atom stereocenters. The molecule has 2 heterocycles. The van der Waals surface area contributed by atoms with Gasteiger partial charge in [0.2, 0.25) is 5.91 Å². The smallest absolute Gasteiger partial charge is 0.222 e. The van der Waals surface area contributed by atoms with E-state index in [1.54, 1.807) is 6.20 Å². The van der Waals surface area contributed by atoms with E-state index in [1.807, 2.05) is 23.1 Å². The highest BCUT2D eigenvalue weighted by molar-refractivity contribution is 14.0. The minimum Gasteiger partial charge on any atom is -0.370 e. The second kappa shape index (κ2) is 16.2. The van der Waals surface area contributed by atoms with Gasteiger partial charge in [0.1, 0.15) is 5.82 Å². The standard InChI is InChI=1S/C21H36N6O.HI/c1-2-22-21(25-15-8-7-14-24-19-11-5-6-13-23-19)26-16-10-18-27-17-9-3-4-12-20(27)28;/h5-6,11,13H,2-4,7-10,12,14-18H2,1H3,(H,23,24)(H2,22,25,26);1H. The highest BCUT2D eigenvalue weighted by atomic mass is 127. The maximum atomic E-state index is 12.0. The average molecular weight is 516 g/mol. The maximum Gasteiger partial charge on any atom is 0.222 e. The molecular weight excluding hydrogens is 479 g/mol. The fourth-order valence-corrected chi connectivity index (χ4v) is 3.21. The number of nitrogens with one attached hydrogen (secondary N) is 3. The highest BCUT2D eigenvalue weighted by Gasteiger charge is 2.15. The number of anilines is 1. The molecule has 29 heavy (non-hydrogen) atoms. The molecule has 0 aromatic carbocycles. The molecule has 0 bridgehead atoms. The van der Waals surface area contributed by atoms with Crippen LogP contribution in [0.25, 0.3) is 0 Å². The maximum absolute atomic E-state index is 12.0. The number of aromatic nitrogens is 1. The lowest BCUT2D eigenvalue weighted by atomic mass is 10.2. The van der Waals surface area contributed by atoms with Crippen molar-refractivity contribution in [3.63, 3.8) is 0 Å². The second-order valence-electron chi connectivity index (χ2n) is 7.08. The summed E-state index contributed by atoms with van der Waals surface area (Å²) in [5.41, 5.74) is 0. The van der Waals surface area contributed by atoms with Gasteiger partial charge in [0.25, 0.3) is 0 Å². The van der Waals surface area contributed by atoms with Crippen molar-refractivity contribution in [2.45, 2.75) is 51.9 Å². The van der Waals surface area contributed by atoms with E-state index in [4.69, 9.17) is 0 Å². The normalized spacial score (nSPS) is 14.7. The van der Waals surface area contributed by atoms with E-state index in [0.29, 0.717) is 12.3 Å². The number of nitrogens with zero attached hydrogens (tertiary/aromatic N) is 3. The van der Waals surface area contributed by atoms with Crippen molar-refractivity contribution < 1.29 is 4.79 Å². The molecule has 164 valence electrons. The monoisotopic (exact) mass is 516 g/mol. The number of guanidine groups is 1. The summed E-state index contributed by atoms with van der Waals surface area (Å²) in [4.78, 5) is 22.9. The third kappa shape index (κ3) is 11.3. The van der Waals surface area contributed by atoms with Crippen LogP contribution in [0.2, 0.25) is 0 Å². The molecule has 0 aliphatic carbocycles. The van der Waals surface area contributed by atoms with E-state index in [-0.39, 0.29) is 24.0 Å². The second-order valence-corrected chi connectivity index (χ2v) is 7.08. The minimum absolute atomic E-state index is 0. The number of hydrogen-bond acceptors (Lipinski definition) is 4. The molecule has 1 aliphatic rings. The lowest BCUT2D eigenvalue weighted by Gasteiger charge is -2.20. The minimum atomic E-state index is 0. The Morgan fingerprint density at radius 1 is 1.14 bits per heavy atom. The van der Waals surface area contributed by atoms with E-state index in [0.717, 1.165) is 83.2 Å². The van der Waals surface area contributed by atoms with E-state index in [9.17, 15) is 4.79 Å². The third-order valence-corrected chi connectivity index (χ3v) is 4.74. The van der Waals surface area contributed by atoms with Crippen LogP contribution in [0.15, 0.2) is 29.4 Å². The van der Waals surface area contributed by atoms with Crippen molar-refractivity contribution in [2.24, 2.45) is 4.99 Å². The fraction of sp³-hybridized carbons (Fsp3) is 0.667. The summed E-state index contributed by atoms with van der Waals surface area (Å²) >= 11 is 0. The fourth-order valence-electron chi connectivity index (χ4n) is 3.21. The van der Waals surface area contributed by atoms with Gasteiger partial charge in [-0.2, -0.15) is 0 Å². The van der Waals surface area contributed by atoms with Gasteiger partial charge in [0.15, 0.2) is 5.96 Å². The number of aliphatic imine (C=N–C) groups is 1. The summed E-state index contributed by atoms with van der Waals surface area (Å²) in [5.74, 6) is 2.10. The van der Waals surface area contributed by atoms with Gasteiger partial charge in [0.05, 0.1) is 0 Å². The Kier molecular flexibility index (Phi) is 14.3. The first-order valence-electron chi connectivity index (χ1n) is 10.7. The van der Waals surface area contributed by atoms with Gasteiger partial charge < -0.3 is 20.9 Å². The zero-order valence-corrected chi connectivity index (χ0v) is 20.0. The van der Waals surface area contributed by atoms with Gasteiger partial charge >= 0.3 is 0 Å². The van der Waals surface area contributed by atoms with Crippen LogP contribution in [-0.4, -0.2) is 61.0 Å². The molecule has 1 fully saturated rings. The molecule has 1 aliphatic heterocycles. The van der Waals surface area contributed by atoms with Crippen LogP contribution in [0.1, 0.15) is 51.9 Å². The van der Waals surface area contributed by atoms with Crippen LogP contribution in [0.3, 0.4) is 0 Å². The van der Waals surface area contributed by atoms with E-state index in [1.165, 1.54) is 6.42 Å². The van der Waals surface area contributed by atoms with Crippen molar-refractivity contribution in [3.05, 3.63) is 24.4 Å². The van der Waals surface area contributed by atoms with Gasteiger partial charge in [-0.15, -0.1) is 24.0 Å². The Bertz CT molecular complexity index is 584. The summed E-state index contributed by atoms with van der Waals surface area (Å²) in [6.45, 7) is 7.19. The number of unbranched alkanes of at least 4 members (excludes halogenated alkanes) is 1. The average Bonchev–Trinajstić information content (AvgIpc) is 2.92. The Hall–Kier alpha value is -1.58. The summed E-state index contributed by atoms with van der Waals surface area (Å²) in [6, 6.07) is 5.88. The molecule has 1 aromatic heterocycles. The van der Waals surface area contributed by atoms with E-state index < -0.39 is 0 Å². The van der Waals surface area contributed by atoms with Crippen molar-refractivity contribution in [1.29, 1.82) is 0 Å². The van der Waals surface area contributed by atoms with Crippen LogP contribution < -0.4 is 16.0 Å². The van der Waals surface area contributed by atoms with Crippen LogP contribution in [0.4, 0.5) is 5.82 Å². The van der Waals surface area contributed by atoms with Gasteiger partial charge in [-0.1, -0.05) is 12.5 Å². The molecular formula is C21H37IN6O. The van der Waals surface area contributed by atoms with Crippen molar-refractivity contribution >= 4 is 41.7 Å². The molecule has 3 N–H and O–H groups in total. The van der Waals surface area contributed by atoms with Crippen molar-refractivity contribution in [3.8, 4) is 0 Å². The lowest BCUT2D eigenvalue weighted by molar-refractivity contribution is -0.130. The number of halogens is 1. The zero-order valence-electron chi connectivity index (χ0n) is 17.7. The molecule has 0 unspecified atom stereocenters. The third-order valence-electron chi connectivity index (χ3n) is 4.74. The van der Waals surface area contributed by atoms with Gasteiger partial charge in [-0.25, -0.2) is 4.98 Å². The first-order chi connectivity index (χ1) is 13.8. The van der Waals surface area contributed by atoms with Gasteiger partial charge in [0, 0.05) is 51.9 Å². The number of carbonyl (C=O) groups excluding carboxylic acids is 1. The summed E-state index contributed by atoms with van der Waals surface area (Å²) in [7, 11) is 0. The van der Waals surface area contributed by atoms with Gasteiger partial charge in [-0.05, 0) is 51.2 Å².